The predicted octanol–water partition coefficient (Wildman–Crippen LogP) is 1.54. The van der Waals surface area contributed by atoms with E-state index in [0.29, 0.717) is 17.8 Å². The number of aryl methyl sites for hydroxylation is 1. The number of nitrogens with zero attached hydrogens (tertiary/aromatic N) is 4. The van der Waals surface area contributed by atoms with Crippen molar-refractivity contribution in [3.63, 3.8) is 0 Å². The number of aromatic nitrogens is 2. The van der Waals surface area contributed by atoms with Crippen LogP contribution in [0.4, 0.5) is 5.69 Å². The van der Waals surface area contributed by atoms with Gasteiger partial charge in [0.15, 0.2) is 0 Å². The Morgan fingerprint density at radius 3 is 2.50 bits per heavy atom. The minimum atomic E-state index is -0.260. The molecule has 0 atom stereocenters. The van der Waals surface area contributed by atoms with Crippen molar-refractivity contribution in [1.29, 1.82) is 5.26 Å². The Hall–Kier alpha value is -2.61. The van der Waals surface area contributed by atoms with E-state index in [4.69, 9.17) is 5.26 Å². The summed E-state index contributed by atoms with van der Waals surface area (Å²) < 4.78 is 1.38. The van der Waals surface area contributed by atoms with Gasteiger partial charge in [-0.05, 0) is 24.6 Å². The average Bonchev–Trinajstić information content (AvgIpc) is 2.43. The van der Waals surface area contributed by atoms with Gasteiger partial charge in [-0.3, -0.25) is 4.79 Å². The molecule has 0 unspecified atom stereocenters. The lowest BCUT2D eigenvalue weighted by Crippen LogP contribution is -2.24. The second-order valence-corrected chi connectivity index (χ2v) is 4.81. The summed E-state index contributed by atoms with van der Waals surface area (Å²) in [5, 5.41) is 13.0. The lowest BCUT2D eigenvalue weighted by atomic mass is 10.2. The van der Waals surface area contributed by atoms with Crippen molar-refractivity contribution < 1.29 is 0 Å². The number of nitriles is 1. The van der Waals surface area contributed by atoms with Crippen LogP contribution in [0.25, 0.3) is 0 Å². The van der Waals surface area contributed by atoms with Gasteiger partial charge < -0.3 is 4.90 Å². The van der Waals surface area contributed by atoms with Gasteiger partial charge in [0.25, 0.3) is 5.56 Å². The predicted molar refractivity (Wildman–Crippen MR) is 77.8 cm³/mol. The maximum Gasteiger partial charge on any atom is 0.268 e. The second kappa shape index (κ2) is 5.57. The van der Waals surface area contributed by atoms with E-state index in [2.05, 4.69) is 5.10 Å². The molecule has 5 nitrogen and oxygen atoms in total. The average molecular weight is 268 g/mol. The molecule has 1 aromatic heterocycles. The molecular formula is C15H16N4O. The van der Waals surface area contributed by atoms with Crippen LogP contribution in [0.15, 0.2) is 35.1 Å². The van der Waals surface area contributed by atoms with Crippen LogP contribution in [-0.2, 0) is 6.54 Å². The van der Waals surface area contributed by atoms with Gasteiger partial charge in [-0.25, -0.2) is 4.68 Å². The van der Waals surface area contributed by atoms with Gasteiger partial charge in [0, 0.05) is 25.8 Å². The van der Waals surface area contributed by atoms with E-state index in [1.54, 1.807) is 6.92 Å². The molecule has 1 aromatic carbocycles. The van der Waals surface area contributed by atoms with E-state index in [9.17, 15) is 4.79 Å². The van der Waals surface area contributed by atoms with Crippen LogP contribution < -0.4 is 10.5 Å². The molecule has 0 aliphatic rings. The summed E-state index contributed by atoms with van der Waals surface area (Å²) in [5.74, 6) is 0. The van der Waals surface area contributed by atoms with Gasteiger partial charge in [-0.1, -0.05) is 12.1 Å². The van der Waals surface area contributed by atoms with Gasteiger partial charge in [0.2, 0.25) is 0 Å². The van der Waals surface area contributed by atoms with E-state index in [0.717, 1.165) is 11.3 Å². The van der Waals surface area contributed by atoms with Gasteiger partial charge in [-0.15, -0.1) is 0 Å². The van der Waals surface area contributed by atoms with E-state index in [-0.39, 0.29) is 5.56 Å². The van der Waals surface area contributed by atoms with E-state index >= 15 is 0 Å². The molecule has 0 bridgehead atoms. The first-order valence-corrected chi connectivity index (χ1v) is 6.26. The highest BCUT2D eigenvalue weighted by molar-refractivity contribution is 5.46. The Balaban J connectivity index is 2.29. The maximum absolute atomic E-state index is 11.9. The van der Waals surface area contributed by atoms with Crippen LogP contribution >= 0.6 is 0 Å². The Labute approximate surface area is 117 Å². The molecule has 20 heavy (non-hydrogen) atoms. The van der Waals surface area contributed by atoms with Gasteiger partial charge in [-0.2, -0.15) is 10.4 Å². The van der Waals surface area contributed by atoms with Crippen LogP contribution in [0, 0.1) is 18.3 Å². The maximum atomic E-state index is 11.9. The first-order valence-electron chi connectivity index (χ1n) is 6.26. The molecule has 102 valence electrons. The summed E-state index contributed by atoms with van der Waals surface area (Å²) >= 11 is 0. The van der Waals surface area contributed by atoms with Crippen molar-refractivity contribution in [3.8, 4) is 6.07 Å². The summed E-state index contributed by atoms with van der Waals surface area (Å²) in [4.78, 5) is 13.9. The minimum absolute atomic E-state index is 0.260. The molecule has 1 heterocycles. The molecule has 0 fully saturated rings. The molecular weight excluding hydrogens is 252 g/mol. The summed E-state index contributed by atoms with van der Waals surface area (Å²) in [6.07, 6.45) is 0. The van der Waals surface area contributed by atoms with Crippen molar-refractivity contribution in [2.75, 3.05) is 19.0 Å². The van der Waals surface area contributed by atoms with Crippen LogP contribution in [0.5, 0.6) is 0 Å². The van der Waals surface area contributed by atoms with Gasteiger partial charge >= 0.3 is 0 Å². The molecule has 0 N–H and O–H groups in total. The largest absolute Gasteiger partial charge is 0.378 e. The number of anilines is 1. The van der Waals surface area contributed by atoms with Gasteiger partial charge in [0.05, 0.1) is 17.8 Å². The Bertz CT molecular complexity index is 708. The van der Waals surface area contributed by atoms with Crippen LogP contribution in [0.3, 0.4) is 0 Å². The summed E-state index contributed by atoms with van der Waals surface area (Å²) in [6, 6.07) is 11.2. The van der Waals surface area contributed by atoms with Crippen molar-refractivity contribution >= 4 is 5.69 Å². The first kappa shape index (κ1) is 13.8. The highest BCUT2D eigenvalue weighted by Gasteiger charge is 2.05. The second-order valence-electron chi connectivity index (χ2n) is 4.81. The highest BCUT2D eigenvalue weighted by Crippen LogP contribution is 2.12. The SMILES string of the molecule is Cc1nn(Cc2ccc(N(C)C)cc2)c(=O)cc1C#N. The Morgan fingerprint density at radius 2 is 1.95 bits per heavy atom. The van der Waals surface area contributed by atoms with E-state index in [1.807, 2.05) is 49.3 Å². The minimum Gasteiger partial charge on any atom is -0.378 e. The third-order valence-corrected chi connectivity index (χ3v) is 3.09. The quantitative estimate of drug-likeness (QED) is 0.847. The smallest absolute Gasteiger partial charge is 0.268 e. The van der Waals surface area contributed by atoms with E-state index < -0.39 is 0 Å². The molecule has 0 aliphatic heterocycles. The fourth-order valence-electron chi connectivity index (χ4n) is 1.89. The molecule has 0 saturated carbocycles. The first-order chi connectivity index (χ1) is 9.51. The number of hydrogen-bond acceptors (Lipinski definition) is 4. The van der Waals surface area contributed by atoms with Crippen LogP contribution in [-0.4, -0.2) is 23.9 Å². The molecule has 0 spiro atoms. The molecule has 0 aliphatic carbocycles. The van der Waals surface area contributed by atoms with Gasteiger partial charge in [0.1, 0.15) is 6.07 Å². The monoisotopic (exact) mass is 268 g/mol. The van der Waals surface area contributed by atoms with Crippen molar-refractivity contribution in [2.45, 2.75) is 13.5 Å². The third-order valence-electron chi connectivity index (χ3n) is 3.09. The lowest BCUT2D eigenvalue weighted by molar-refractivity contribution is 0.627. The lowest BCUT2D eigenvalue weighted by Gasteiger charge is -2.13. The Morgan fingerprint density at radius 1 is 1.30 bits per heavy atom. The van der Waals surface area contributed by atoms with Crippen molar-refractivity contribution in [2.24, 2.45) is 0 Å². The van der Waals surface area contributed by atoms with Crippen LogP contribution in [0.1, 0.15) is 16.8 Å². The molecule has 0 amide bonds. The molecule has 2 aromatic rings. The topological polar surface area (TPSA) is 61.9 Å². The fourth-order valence-corrected chi connectivity index (χ4v) is 1.89. The van der Waals surface area contributed by atoms with Crippen molar-refractivity contribution in [1.82, 2.24) is 9.78 Å². The number of rotatable bonds is 3. The molecule has 0 radical (unpaired) electrons. The number of hydrogen-bond donors (Lipinski definition) is 0. The highest BCUT2D eigenvalue weighted by atomic mass is 16.1. The summed E-state index contributed by atoms with van der Waals surface area (Å²) in [7, 11) is 3.95. The molecule has 2 rings (SSSR count). The standard InChI is InChI=1S/C15H16N4O/c1-11-13(9-16)8-15(20)19(17-11)10-12-4-6-14(7-5-12)18(2)3/h4-8H,10H2,1-3H3. The third kappa shape index (κ3) is 2.86. The molecule has 5 heteroatoms. The van der Waals surface area contributed by atoms with Crippen LogP contribution in [0.2, 0.25) is 0 Å². The summed E-state index contributed by atoms with van der Waals surface area (Å²) in [5.41, 5.74) is 2.73. The normalized spacial score (nSPS) is 10.1. The fraction of sp³-hybridized carbons (Fsp3) is 0.267. The molecule has 0 saturated heterocycles. The van der Waals surface area contributed by atoms with E-state index in [1.165, 1.54) is 10.7 Å². The Kier molecular flexibility index (Phi) is 3.85. The number of benzene rings is 1. The summed E-state index contributed by atoms with van der Waals surface area (Å²) in [6.45, 7) is 2.13. The zero-order chi connectivity index (χ0) is 14.7. The zero-order valence-electron chi connectivity index (χ0n) is 11.8. The van der Waals surface area contributed by atoms with Crippen molar-refractivity contribution in [3.05, 3.63) is 57.5 Å². The zero-order valence-corrected chi connectivity index (χ0v) is 11.8.